The average molecular weight is 401 g/mol. The number of rotatable bonds is 5. The Morgan fingerprint density at radius 2 is 1.90 bits per heavy atom. The van der Waals surface area contributed by atoms with Crippen LogP contribution in [0.4, 0.5) is 0 Å². The molecule has 0 aromatic rings. The highest BCUT2D eigenvalue weighted by Gasteiger charge is 2.59. The second-order valence-electron chi connectivity index (χ2n) is 11.8. The van der Waals surface area contributed by atoms with Crippen LogP contribution in [-0.2, 0) is 0 Å². The fourth-order valence-electron chi connectivity index (χ4n) is 8.49. The Bertz CT molecular complexity index is 665. The van der Waals surface area contributed by atoms with E-state index in [1.807, 2.05) is 6.92 Å². The van der Waals surface area contributed by atoms with Crippen LogP contribution in [0.25, 0.3) is 0 Å². The van der Waals surface area contributed by atoms with Crippen molar-refractivity contribution in [2.45, 2.75) is 104 Å². The molecule has 8 unspecified atom stereocenters. The van der Waals surface area contributed by atoms with Crippen molar-refractivity contribution in [2.24, 2.45) is 40.4 Å². The topological polar surface area (TPSA) is 40.5 Å². The molecule has 164 valence electrons. The van der Waals surface area contributed by atoms with Crippen molar-refractivity contribution in [1.82, 2.24) is 0 Å². The zero-order valence-electron chi connectivity index (χ0n) is 19.3. The van der Waals surface area contributed by atoms with E-state index < -0.39 is 0 Å². The molecular weight excluding hydrogens is 356 g/mol. The minimum absolute atomic E-state index is 0.106. The average Bonchev–Trinajstić information content (AvgIpc) is 3.03. The number of aliphatic hydroxyl groups is 2. The van der Waals surface area contributed by atoms with Gasteiger partial charge >= 0.3 is 0 Å². The molecule has 4 aliphatic carbocycles. The fraction of sp³-hybridized carbons (Fsp3) is 0.852. The second-order valence-corrected chi connectivity index (χ2v) is 11.8. The second kappa shape index (κ2) is 7.83. The van der Waals surface area contributed by atoms with Crippen LogP contribution in [0.1, 0.15) is 91.9 Å². The standard InChI is InChI=1S/C27H44O2/c1-17(2)25(29)11-6-18(3)22-9-10-23-21-8-7-19-16-20(28)12-14-26(19,4)24(21)13-15-27(22,23)5/h7,18,20-25,28-29H,1,6,8-16H2,2-5H3/t18-,20?,21?,22?,23?,24?,25?,26?,27?/m1/s1. The molecule has 0 bridgehead atoms. The van der Waals surface area contributed by atoms with E-state index in [-0.39, 0.29) is 12.2 Å². The van der Waals surface area contributed by atoms with Crippen LogP contribution < -0.4 is 0 Å². The predicted octanol–water partition coefficient (Wildman–Crippen LogP) is 6.28. The Hall–Kier alpha value is -0.600. The van der Waals surface area contributed by atoms with E-state index in [2.05, 4.69) is 33.4 Å². The van der Waals surface area contributed by atoms with Gasteiger partial charge in [0, 0.05) is 0 Å². The third kappa shape index (κ3) is 3.57. The van der Waals surface area contributed by atoms with Crippen molar-refractivity contribution in [3.05, 3.63) is 23.8 Å². The van der Waals surface area contributed by atoms with E-state index in [0.717, 1.165) is 54.9 Å². The molecule has 0 amide bonds. The summed E-state index contributed by atoms with van der Waals surface area (Å²) in [7, 11) is 0. The highest BCUT2D eigenvalue weighted by atomic mass is 16.3. The molecule has 0 spiro atoms. The maximum absolute atomic E-state index is 10.2. The van der Waals surface area contributed by atoms with E-state index in [0.29, 0.717) is 16.7 Å². The Morgan fingerprint density at radius 3 is 2.62 bits per heavy atom. The number of hydrogen-bond donors (Lipinski definition) is 2. The lowest BCUT2D eigenvalue weighted by Crippen LogP contribution is -2.50. The molecule has 29 heavy (non-hydrogen) atoms. The fourth-order valence-corrected chi connectivity index (χ4v) is 8.49. The van der Waals surface area contributed by atoms with Crippen LogP contribution in [0, 0.1) is 40.4 Å². The highest BCUT2D eigenvalue weighted by molar-refractivity contribution is 5.25. The molecule has 2 N–H and O–H groups in total. The van der Waals surface area contributed by atoms with Gasteiger partial charge in [-0.2, -0.15) is 0 Å². The molecule has 4 rings (SSSR count). The van der Waals surface area contributed by atoms with Crippen molar-refractivity contribution in [3.8, 4) is 0 Å². The first kappa shape index (κ1) is 21.6. The molecule has 0 aromatic carbocycles. The molecule has 0 radical (unpaired) electrons. The van der Waals surface area contributed by atoms with Crippen molar-refractivity contribution < 1.29 is 10.2 Å². The third-order valence-corrected chi connectivity index (χ3v) is 10.3. The van der Waals surface area contributed by atoms with E-state index >= 15 is 0 Å². The first-order chi connectivity index (χ1) is 13.7. The highest BCUT2D eigenvalue weighted by Crippen LogP contribution is 2.67. The van der Waals surface area contributed by atoms with Crippen LogP contribution in [-0.4, -0.2) is 22.4 Å². The summed E-state index contributed by atoms with van der Waals surface area (Å²) in [6.07, 6.45) is 14.0. The van der Waals surface area contributed by atoms with Gasteiger partial charge in [0.05, 0.1) is 12.2 Å². The number of aliphatic hydroxyl groups excluding tert-OH is 2. The normalized spacial score (nSPS) is 46.1. The van der Waals surface area contributed by atoms with Gasteiger partial charge in [0.1, 0.15) is 0 Å². The number of hydrogen-bond acceptors (Lipinski definition) is 2. The van der Waals surface area contributed by atoms with Gasteiger partial charge in [-0.1, -0.05) is 44.6 Å². The lowest BCUT2D eigenvalue weighted by molar-refractivity contribution is -0.0576. The molecule has 4 aliphatic rings. The summed E-state index contributed by atoms with van der Waals surface area (Å²) in [4.78, 5) is 0. The van der Waals surface area contributed by atoms with Gasteiger partial charge < -0.3 is 10.2 Å². The monoisotopic (exact) mass is 400 g/mol. The molecule has 3 saturated carbocycles. The van der Waals surface area contributed by atoms with Gasteiger partial charge in [-0.15, -0.1) is 0 Å². The Labute approximate surface area is 178 Å². The number of allylic oxidation sites excluding steroid dienone is 1. The van der Waals surface area contributed by atoms with E-state index in [1.165, 1.54) is 38.5 Å². The van der Waals surface area contributed by atoms with Crippen LogP contribution in [0.2, 0.25) is 0 Å². The first-order valence-corrected chi connectivity index (χ1v) is 12.4. The molecule has 9 atom stereocenters. The zero-order chi connectivity index (χ0) is 21.0. The van der Waals surface area contributed by atoms with Gasteiger partial charge in [0.25, 0.3) is 0 Å². The van der Waals surface area contributed by atoms with Crippen LogP contribution in [0.3, 0.4) is 0 Å². The first-order valence-electron chi connectivity index (χ1n) is 12.4. The van der Waals surface area contributed by atoms with Gasteiger partial charge in [-0.05, 0) is 112 Å². The van der Waals surface area contributed by atoms with Crippen molar-refractivity contribution in [2.75, 3.05) is 0 Å². The SMILES string of the molecule is C=C(C)C(O)CC[C@@H](C)C1CCC2C3CC=C4CC(O)CCC4(C)C3CCC21C. The molecule has 0 heterocycles. The Morgan fingerprint density at radius 1 is 1.14 bits per heavy atom. The van der Waals surface area contributed by atoms with Crippen LogP contribution in [0.15, 0.2) is 23.8 Å². The molecule has 0 saturated heterocycles. The molecule has 2 heteroatoms. The minimum Gasteiger partial charge on any atom is -0.393 e. The molecule has 0 aromatic heterocycles. The molecular formula is C27H44O2. The largest absolute Gasteiger partial charge is 0.393 e. The molecule has 0 aliphatic heterocycles. The van der Waals surface area contributed by atoms with Gasteiger partial charge in [0.2, 0.25) is 0 Å². The lowest BCUT2D eigenvalue weighted by atomic mass is 9.47. The summed E-state index contributed by atoms with van der Waals surface area (Å²) in [5.74, 6) is 4.02. The minimum atomic E-state index is -0.332. The van der Waals surface area contributed by atoms with E-state index in [9.17, 15) is 10.2 Å². The summed E-state index contributed by atoms with van der Waals surface area (Å²) in [6, 6.07) is 0. The summed E-state index contributed by atoms with van der Waals surface area (Å²) in [6.45, 7) is 13.5. The summed E-state index contributed by atoms with van der Waals surface area (Å²) in [5, 5.41) is 20.4. The van der Waals surface area contributed by atoms with Gasteiger partial charge in [-0.3, -0.25) is 0 Å². The Kier molecular flexibility index (Phi) is 5.84. The summed E-state index contributed by atoms with van der Waals surface area (Å²) >= 11 is 0. The maximum atomic E-state index is 10.2. The van der Waals surface area contributed by atoms with E-state index in [4.69, 9.17) is 0 Å². The maximum Gasteiger partial charge on any atom is 0.0744 e. The summed E-state index contributed by atoms with van der Waals surface area (Å²) < 4.78 is 0. The Balaban J connectivity index is 1.49. The van der Waals surface area contributed by atoms with E-state index in [1.54, 1.807) is 5.57 Å². The van der Waals surface area contributed by atoms with Gasteiger partial charge in [-0.25, -0.2) is 0 Å². The molecule has 2 nitrogen and oxygen atoms in total. The smallest absolute Gasteiger partial charge is 0.0744 e. The van der Waals surface area contributed by atoms with Crippen LogP contribution in [0.5, 0.6) is 0 Å². The lowest BCUT2D eigenvalue weighted by Gasteiger charge is -2.58. The quantitative estimate of drug-likeness (QED) is 0.533. The molecule has 3 fully saturated rings. The predicted molar refractivity (Wildman–Crippen MR) is 120 cm³/mol. The van der Waals surface area contributed by atoms with Gasteiger partial charge in [0.15, 0.2) is 0 Å². The van der Waals surface area contributed by atoms with Crippen molar-refractivity contribution >= 4 is 0 Å². The third-order valence-electron chi connectivity index (χ3n) is 10.3. The summed E-state index contributed by atoms with van der Waals surface area (Å²) in [5.41, 5.74) is 3.31. The van der Waals surface area contributed by atoms with Crippen LogP contribution >= 0.6 is 0 Å². The zero-order valence-corrected chi connectivity index (χ0v) is 19.3. The van der Waals surface area contributed by atoms with Crippen molar-refractivity contribution in [3.63, 3.8) is 0 Å². The number of fused-ring (bicyclic) bond motifs is 5. The van der Waals surface area contributed by atoms with Crippen molar-refractivity contribution in [1.29, 1.82) is 0 Å².